The molecule has 1 aromatic carbocycles. The molecule has 4 rings (SSSR count). The lowest BCUT2D eigenvalue weighted by Crippen LogP contribution is -2.47. The van der Waals surface area contributed by atoms with E-state index in [4.69, 9.17) is 0 Å². The molecular weight excluding hydrogens is 320 g/mol. The SMILES string of the molecule is O=C([C@H]1CCCN1C(=O)CC1=Cc2ccccc2C1)N1CCSC1. The first kappa shape index (κ1) is 15.8. The fourth-order valence-electron chi connectivity index (χ4n) is 3.88. The van der Waals surface area contributed by atoms with Crippen LogP contribution in [-0.2, 0) is 16.0 Å². The van der Waals surface area contributed by atoms with Crippen molar-refractivity contribution in [2.75, 3.05) is 24.7 Å². The van der Waals surface area contributed by atoms with Gasteiger partial charge in [0.25, 0.3) is 0 Å². The third kappa shape index (κ3) is 2.97. The van der Waals surface area contributed by atoms with Gasteiger partial charge in [0, 0.05) is 25.3 Å². The Kier molecular flexibility index (Phi) is 4.35. The number of likely N-dealkylation sites (tertiary alicyclic amines) is 1. The van der Waals surface area contributed by atoms with Crippen molar-refractivity contribution in [1.82, 2.24) is 9.80 Å². The minimum Gasteiger partial charge on any atom is -0.331 e. The van der Waals surface area contributed by atoms with E-state index in [-0.39, 0.29) is 17.9 Å². The van der Waals surface area contributed by atoms with Crippen molar-refractivity contribution >= 4 is 29.7 Å². The summed E-state index contributed by atoms with van der Waals surface area (Å²) in [6, 6.07) is 8.06. The molecule has 1 aliphatic carbocycles. The second kappa shape index (κ2) is 6.63. The number of carbonyl (C=O) groups excluding carboxylic acids is 2. The van der Waals surface area contributed by atoms with Crippen LogP contribution in [0.1, 0.15) is 30.4 Å². The van der Waals surface area contributed by atoms with E-state index in [1.54, 1.807) is 11.8 Å². The minimum absolute atomic E-state index is 0.108. The molecule has 0 unspecified atom stereocenters. The molecule has 24 heavy (non-hydrogen) atoms. The maximum atomic E-state index is 12.8. The molecule has 0 aromatic heterocycles. The largest absolute Gasteiger partial charge is 0.331 e. The Morgan fingerprint density at radius 1 is 1.21 bits per heavy atom. The van der Waals surface area contributed by atoms with E-state index in [0.717, 1.165) is 49.6 Å². The molecule has 1 atom stereocenters. The average Bonchev–Trinajstić information content (AvgIpc) is 3.32. The number of benzene rings is 1. The van der Waals surface area contributed by atoms with Gasteiger partial charge in [0.05, 0.1) is 5.88 Å². The summed E-state index contributed by atoms with van der Waals surface area (Å²) in [6.45, 7) is 1.54. The number of amides is 2. The Labute approximate surface area is 146 Å². The van der Waals surface area contributed by atoms with E-state index in [9.17, 15) is 9.59 Å². The van der Waals surface area contributed by atoms with E-state index < -0.39 is 0 Å². The summed E-state index contributed by atoms with van der Waals surface area (Å²) in [5.74, 6) is 2.04. The summed E-state index contributed by atoms with van der Waals surface area (Å²) < 4.78 is 0. The van der Waals surface area contributed by atoms with Gasteiger partial charge in [-0.3, -0.25) is 9.59 Å². The van der Waals surface area contributed by atoms with Gasteiger partial charge in [-0.25, -0.2) is 0 Å². The van der Waals surface area contributed by atoms with Crippen LogP contribution in [0, 0.1) is 0 Å². The lowest BCUT2D eigenvalue weighted by molar-refractivity contribution is -0.142. The van der Waals surface area contributed by atoms with Crippen LogP contribution >= 0.6 is 11.8 Å². The van der Waals surface area contributed by atoms with Crippen LogP contribution in [0.2, 0.25) is 0 Å². The summed E-state index contributed by atoms with van der Waals surface area (Å²) in [6.07, 6.45) is 5.18. The maximum absolute atomic E-state index is 12.8. The maximum Gasteiger partial charge on any atom is 0.246 e. The van der Waals surface area contributed by atoms with Gasteiger partial charge in [-0.05, 0) is 30.4 Å². The molecule has 2 saturated heterocycles. The van der Waals surface area contributed by atoms with Gasteiger partial charge in [-0.1, -0.05) is 35.9 Å². The molecule has 2 fully saturated rings. The summed E-state index contributed by atoms with van der Waals surface area (Å²) in [5.41, 5.74) is 3.68. The molecule has 0 saturated carbocycles. The van der Waals surface area contributed by atoms with Crippen molar-refractivity contribution in [1.29, 1.82) is 0 Å². The third-order valence-electron chi connectivity index (χ3n) is 5.13. The zero-order chi connectivity index (χ0) is 16.5. The topological polar surface area (TPSA) is 40.6 Å². The number of hydrogen-bond donors (Lipinski definition) is 0. The molecule has 0 bridgehead atoms. The van der Waals surface area contributed by atoms with Crippen molar-refractivity contribution in [2.45, 2.75) is 31.7 Å². The van der Waals surface area contributed by atoms with Crippen LogP contribution in [-0.4, -0.2) is 52.4 Å². The van der Waals surface area contributed by atoms with Crippen molar-refractivity contribution in [3.63, 3.8) is 0 Å². The highest BCUT2D eigenvalue weighted by molar-refractivity contribution is 7.99. The highest BCUT2D eigenvalue weighted by Crippen LogP contribution is 2.29. The Morgan fingerprint density at radius 2 is 2.08 bits per heavy atom. The standard InChI is InChI=1S/C19H22N2O2S/c22-18(12-14-10-15-4-1-2-5-16(15)11-14)21-7-3-6-17(21)19(23)20-8-9-24-13-20/h1-2,4-5,10,17H,3,6-9,11-13H2/t17-/m1/s1. The zero-order valence-corrected chi connectivity index (χ0v) is 14.6. The van der Waals surface area contributed by atoms with Gasteiger partial charge in [0.2, 0.25) is 11.8 Å². The van der Waals surface area contributed by atoms with E-state index in [2.05, 4.69) is 18.2 Å². The fraction of sp³-hybridized carbons (Fsp3) is 0.474. The van der Waals surface area contributed by atoms with Gasteiger partial charge in [0.15, 0.2) is 0 Å². The zero-order valence-electron chi connectivity index (χ0n) is 13.7. The molecular formula is C19H22N2O2S. The monoisotopic (exact) mass is 342 g/mol. The van der Waals surface area contributed by atoms with Crippen LogP contribution in [0.3, 0.4) is 0 Å². The minimum atomic E-state index is -0.236. The molecule has 1 aromatic rings. The van der Waals surface area contributed by atoms with E-state index in [1.807, 2.05) is 21.9 Å². The molecule has 2 amide bonds. The van der Waals surface area contributed by atoms with Crippen LogP contribution in [0.4, 0.5) is 0 Å². The van der Waals surface area contributed by atoms with E-state index in [1.165, 1.54) is 11.1 Å². The molecule has 0 N–H and O–H groups in total. The molecule has 126 valence electrons. The molecule has 2 aliphatic heterocycles. The van der Waals surface area contributed by atoms with Gasteiger partial charge in [0.1, 0.15) is 6.04 Å². The van der Waals surface area contributed by atoms with Crippen molar-refractivity contribution in [3.8, 4) is 0 Å². The molecule has 4 nitrogen and oxygen atoms in total. The fourth-order valence-corrected chi connectivity index (χ4v) is 4.84. The van der Waals surface area contributed by atoms with Crippen molar-refractivity contribution < 1.29 is 9.59 Å². The average molecular weight is 342 g/mol. The predicted molar refractivity (Wildman–Crippen MR) is 96.5 cm³/mol. The van der Waals surface area contributed by atoms with Crippen LogP contribution in [0.15, 0.2) is 29.8 Å². The summed E-state index contributed by atoms with van der Waals surface area (Å²) in [5, 5.41) is 0. The second-order valence-corrected chi connectivity index (χ2v) is 7.81. The quantitative estimate of drug-likeness (QED) is 0.848. The number of hydrogen-bond acceptors (Lipinski definition) is 3. The molecule has 0 radical (unpaired) electrons. The van der Waals surface area contributed by atoms with Crippen LogP contribution in [0.5, 0.6) is 0 Å². The number of thioether (sulfide) groups is 1. The van der Waals surface area contributed by atoms with Crippen molar-refractivity contribution in [2.24, 2.45) is 0 Å². The lowest BCUT2D eigenvalue weighted by Gasteiger charge is -2.27. The Bertz CT molecular complexity index is 694. The highest BCUT2D eigenvalue weighted by atomic mass is 32.2. The Hall–Kier alpha value is -1.75. The highest BCUT2D eigenvalue weighted by Gasteiger charge is 2.37. The number of carbonyl (C=O) groups is 2. The first-order valence-electron chi connectivity index (χ1n) is 8.66. The van der Waals surface area contributed by atoms with E-state index >= 15 is 0 Å². The predicted octanol–water partition coefficient (Wildman–Crippen LogP) is 2.54. The van der Waals surface area contributed by atoms with E-state index in [0.29, 0.717) is 6.42 Å². The summed E-state index contributed by atoms with van der Waals surface area (Å²) in [7, 11) is 0. The number of fused-ring (bicyclic) bond motifs is 1. The molecule has 3 aliphatic rings. The third-order valence-corrected chi connectivity index (χ3v) is 6.10. The normalized spacial score (nSPS) is 22.7. The second-order valence-electron chi connectivity index (χ2n) is 6.74. The molecule has 5 heteroatoms. The Balaban J connectivity index is 1.42. The Morgan fingerprint density at radius 3 is 2.88 bits per heavy atom. The van der Waals surface area contributed by atoms with Gasteiger partial charge in [-0.15, -0.1) is 11.8 Å². The smallest absolute Gasteiger partial charge is 0.246 e. The number of rotatable bonds is 3. The summed E-state index contributed by atoms with van der Waals surface area (Å²) >= 11 is 1.79. The van der Waals surface area contributed by atoms with Gasteiger partial charge >= 0.3 is 0 Å². The lowest BCUT2D eigenvalue weighted by atomic mass is 10.1. The molecule has 2 heterocycles. The summed E-state index contributed by atoms with van der Waals surface area (Å²) in [4.78, 5) is 29.2. The van der Waals surface area contributed by atoms with Crippen LogP contribution < -0.4 is 0 Å². The van der Waals surface area contributed by atoms with Crippen molar-refractivity contribution in [3.05, 3.63) is 41.0 Å². The first-order valence-corrected chi connectivity index (χ1v) is 9.81. The van der Waals surface area contributed by atoms with Gasteiger partial charge in [-0.2, -0.15) is 0 Å². The van der Waals surface area contributed by atoms with Gasteiger partial charge < -0.3 is 9.80 Å². The van der Waals surface area contributed by atoms with Crippen LogP contribution in [0.25, 0.3) is 6.08 Å². The number of nitrogens with zero attached hydrogens (tertiary/aromatic N) is 2. The first-order chi connectivity index (χ1) is 11.7. The molecule has 0 spiro atoms.